The number of hydrogen-bond donors (Lipinski definition) is 0. The average molecular weight is 760 g/mol. The van der Waals surface area contributed by atoms with Gasteiger partial charge in [0, 0.05) is 34.5 Å². The Morgan fingerprint density at radius 2 is 1.66 bits per heavy atom. The average Bonchev–Trinajstić information content (AvgIpc) is 3.49. The summed E-state index contributed by atoms with van der Waals surface area (Å²) in [5, 5.41) is 6.55. The maximum absolute atomic E-state index is 14.3. The van der Waals surface area contributed by atoms with Crippen LogP contribution in [0.5, 0.6) is 11.5 Å². The number of nitrogens with zero attached hydrogens (tertiary/aromatic N) is 4. The van der Waals surface area contributed by atoms with Gasteiger partial charge in [-0.25, -0.2) is 9.37 Å². The maximum Gasteiger partial charge on any atom is 2.00 e. The third kappa shape index (κ3) is 5.24. The van der Waals surface area contributed by atoms with Crippen LogP contribution in [0.1, 0.15) is 29.4 Å². The Morgan fingerprint density at radius 3 is 2.43 bits per heavy atom. The molecule has 4 aromatic carbocycles. The third-order valence-electron chi connectivity index (χ3n) is 7.84. The molecule has 7 aromatic rings. The molecule has 3 aromatic heterocycles. The van der Waals surface area contributed by atoms with Gasteiger partial charge in [0.15, 0.2) is 0 Å². The monoisotopic (exact) mass is 759 g/mol. The summed E-state index contributed by atoms with van der Waals surface area (Å²) >= 11 is 0. The minimum atomic E-state index is -0.290. The summed E-state index contributed by atoms with van der Waals surface area (Å²) in [6.07, 6.45) is 2.60. The number of fused-ring (bicyclic) bond motifs is 3. The Hall–Kier alpha value is -4.54. The van der Waals surface area contributed by atoms with Crippen LogP contribution in [0.15, 0.2) is 91.1 Å². The smallest absolute Gasteiger partial charge is 0.509 e. The van der Waals surface area contributed by atoms with E-state index in [1.807, 2.05) is 71.6 Å². The van der Waals surface area contributed by atoms with Crippen molar-refractivity contribution in [2.75, 3.05) is 0 Å². The second kappa shape index (κ2) is 11.9. The van der Waals surface area contributed by atoms with E-state index in [-0.39, 0.29) is 26.9 Å². The molecule has 3 heterocycles. The van der Waals surface area contributed by atoms with Crippen molar-refractivity contribution in [3.05, 3.63) is 132 Å². The molecule has 0 saturated heterocycles. The number of hydrogen-bond acceptors (Lipinski definition) is 3. The summed E-state index contributed by atoms with van der Waals surface area (Å²) in [4.78, 5) is 4.62. The number of halogens is 1. The molecular weight excluding hydrogens is 731 g/mol. The predicted molar refractivity (Wildman–Crippen MR) is 169 cm³/mol. The number of aryl methyl sites for hydroxylation is 3. The van der Waals surface area contributed by atoms with E-state index in [0.29, 0.717) is 11.5 Å². The van der Waals surface area contributed by atoms with Crippen molar-refractivity contribution in [3.8, 4) is 34.1 Å². The first kappa shape index (κ1) is 29.5. The quantitative estimate of drug-likeness (QED) is 0.159. The minimum absolute atomic E-state index is 0. The molecule has 0 unspecified atom stereocenters. The normalized spacial score (nSPS) is 11.2. The first-order valence-electron chi connectivity index (χ1n) is 14.3. The summed E-state index contributed by atoms with van der Waals surface area (Å²) in [6.45, 7) is 8.25. The van der Waals surface area contributed by atoms with Crippen LogP contribution in [0.3, 0.4) is 0 Å². The number of pyridine rings is 1. The number of ether oxygens (including phenoxy) is 1. The van der Waals surface area contributed by atoms with E-state index in [9.17, 15) is 4.39 Å². The Balaban J connectivity index is 0.00000343. The zero-order chi connectivity index (χ0) is 29.7. The van der Waals surface area contributed by atoms with Gasteiger partial charge in [-0.15, -0.1) is 35.7 Å². The SMILES string of the molecule is CCc1cc(Oc2[c-]c3c(cc2)c2cc(F)ccc2n3-c2cc(C)ccn2)[c-]c(-n2nc(C)c(-c3ccccc3)c2C)c1.[Pt+2]. The van der Waals surface area contributed by atoms with Gasteiger partial charge in [-0.05, 0) is 73.3 Å². The molecule has 0 spiro atoms. The van der Waals surface area contributed by atoms with Gasteiger partial charge in [0.1, 0.15) is 11.6 Å². The molecule has 0 aliphatic rings. The summed E-state index contributed by atoms with van der Waals surface area (Å²) in [5.41, 5.74) is 8.84. The van der Waals surface area contributed by atoms with Gasteiger partial charge in [-0.3, -0.25) is 4.68 Å². The molecule has 0 atom stereocenters. The first-order chi connectivity index (χ1) is 20.9. The van der Waals surface area contributed by atoms with Crippen LogP contribution in [0.25, 0.3) is 44.4 Å². The standard InChI is InChI=1S/C37H29FN4O.Pt/c1-5-26-18-29(42-25(4)37(24(3)40-42)27-9-7-6-8-10-27)21-31(19-26)43-30-12-13-32-33-20-28(38)11-14-34(33)41(35(32)22-30)36-17-23(2)15-16-39-36;/h6-20H,5H2,1-4H3;/q-2;+2. The molecule has 44 heavy (non-hydrogen) atoms. The molecule has 0 saturated carbocycles. The Labute approximate surface area is 270 Å². The van der Waals surface area contributed by atoms with Gasteiger partial charge in [-0.1, -0.05) is 49.2 Å². The van der Waals surface area contributed by atoms with Gasteiger partial charge in [0.25, 0.3) is 0 Å². The zero-order valence-corrected chi connectivity index (χ0v) is 27.0. The summed E-state index contributed by atoms with van der Waals surface area (Å²) in [5.74, 6) is 1.54. The summed E-state index contributed by atoms with van der Waals surface area (Å²) in [7, 11) is 0. The van der Waals surface area contributed by atoms with Gasteiger partial charge >= 0.3 is 21.1 Å². The fourth-order valence-electron chi connectivity index (χ4n) is 5.81. The van der Waals surface area contributed by atoms with E-state index in [2.05, 4.69) is 49.2 Å². The molecule has 5 nitrogen and oxygen atoms in total. The molecule has 7 heteroatoms. The van der Waals surface area contributed by atoms with Gasteiger partial charge in [0.2, 0.25) is 0 Å². The molecule has 0 bridgehead atoms. The predicted octanol–water partition coefficient (Wildman–Crippen LogP) is 9.05. The molecule has 7 rings (SSSR count). The molecule has 0 aliphatic heterocycles. The van der Waals surface area contributed by atoms with Crippen LogP contribution in [-0.2, 0) is 27.5 Å². The molecular formula is C37H29FN4OPt. The van der Waals surface area contributed by atoms with E-state index in [0.717, 1.165) is 73.4 Å². The van der Waals surface area contributed by atoms with Gasteiger partial charge in [0.05, 0.1) is 5.69 Å². The molecule has 0 fully saturated rings. The van der Waals surface area contributed by atoms with Crippen LogP contribution in [0.2, 0.25) is 0 Å². The van der Waals surface area contributed by atoms with E-state index < -0.39 is 0 Å². The second-order valence-corrected chi connectivity index (χ2v) is 10.8. The van der Waals surface area contributed by atoms with Crippen LogP contribution in [0, 0.1) is 38.7 Å². The fourth-order valence-corrected chi connectivity index (χ4v) is 5.81. The Morgan fingerprint density at radius 1 is 0.841 bits per heavy atom. The van der Waals surface area contributed by atoms with Crippen molar-refractivity contribution in [1.29, 1.82) is 0 Å². The first-order valence-corrected chi connectivity index (χ1v) is 14.3. The van der Waals surface area contributed by atoms with E-state index in [1.54, 1.807) is 18.3 Å². The van der Waals surface area contributed by atoms with Crippen molar-refractivity contribution in [1.82, 2.24) is 19.3 Å². The maximum atomic E-state index is 14.3. The Kier molecular flexibility index (Phi) is 7.96. The van der Waals surface area contributed by atoms with Crippen molar-refractivity contribution in [2.45, 2.75) is 34.1 Å². The minimum Gasteiger partial charge on any atom is -0.509 e. The van der Waals surface area contributed by atoms with Crippen molar-refractivity contribution in [2.24, 2.45) is 0 Å². The van der Waals surface area contributed by atoms with Crippen LogP contribution in [0.4, 0.5) is 4.39 Å². The molecule has 0 amide bonds. The van der Waals surface area contributed by atoms with Crippen LogP contribution >= 0.6 is 0 Å². The summed E-state index contributed by atoms with van der Waals surface area (Å²) < 4.78 is 24.7. The third-order valence-corrected chi connectivity index (χ3v) is 7.84. The molecule has 0 aliphatic carbocycles. The molecule has 220 valence electrons. The molecule has 0 radical (unpaired) electrons. The number of rotatable bonds is 6. The molecule has 0 N–H and O–H groups in total. The van der Waals surface area contributed by atoms with Gasteiger partial charge < -0.3 is 9.30 Å². The summed E-state index contributed by atoms with van der Waals surface area (Å²) in [6, 6.07) is 33.9. The van der Waals surface area contributed by atoms with Gasteiger partial charge in [-0.2, -0.15) is 16.7 Å². The largest absolute Gasteiger partial charge is 2.00 e. The zero-order valence-electron chi connectivity index (χ0n) is 24.8. The Bertz CT molecular complexity index is 2150. The van der Waals surface area contributed by atoms with E-state index >= 15 is 0 Å². The number of benzene rings is 4. The topological polar surface area (TPSA) is 44.9 Å². The van der Waals surface area contributed by atoms with Crippen molar-refractivity contribution >= 4 is 21.8 Å². The van der Waals surface area contributed by atoms with Crippen molar-refractivity contribution < 1.29 is 30.2 Å². The number of aromatic nitrogens is 4. The van der Waals surface area contributed by atoms with Crippen LogP contribution in [-0.4, -0.2) is 19.3 Å². The van der Waals surface area contributed by atoms with Crippen molar-refractivity contribution in [3.63, 3.8) is 0 Å². The second-order valence-electron chi connectivity index (χ2n) is 10.8. The van der Waals surface area contributed by atoms with Crippen LogP contribution < -0.4 is 4.74 Å². The fraction of sp³-hybridized carbons (Fsp3) is 0.135. The van der Waals surface area contributed by atoms with E-state index in [4.69, 9.17) is 9.84 Å². The van der Waals surface area contributed by atoms with E-state index in [1.165, 1.54) is 6.07 Å².